The van der Waals surface area contributed by atoms with E-state index < -0.39 is 0 Å². The molecule has 0 aliphatic rings. The van der Waals surface area contributed by atoms with Crippen LogP contribution in [0.4, 0.5) is 0 Å². The van der Waals surface area contributed by atoms with Gasteiger partial charge in [-0.05, 0) is 25.0 Å². The first-order chi connectivity index (χ1) is 11.7. The van der Waals surface area contributed by atoms with Gasteiger partial charge in [0.1, 0.15) is 5.75 Å². The van der Waals surface area contributed by atoms with Crippen LogP contribution in [0.15, 0.2) is 47.7 Å². The minimum Gasteiger partial charge on any atom is -0.496 e. The van der Waals surface area contributed by atoms with Crippen molar-refractivity contribution in [3.05, 3.63) is 48.3 Å². The quantitative estimate of drug-likeness (QED) is 0.364. The molecule has 7 heteroatoms. The van der Waals surface area contributed by atoms with Crippen LogP contribution in [0.25, 0.3) is 0 Å². The maximum atomic E-state index is 5.37. The van der Waals surface area contributed by atoms with Gasteiger partial charge in [0.15, 0.2) is 5.96 Å². The summed E-state index contributed by atoms with van der Waals surface area (Å²) in [4.78, 5) is 4.65. The fourth-order valence-electron chi connectivity index (χ4n) is 2.40. The predicted octanol–water partition coefficient (Wildman–Crippen LogP) is 2.90. The van der Waals surface area contributed by atoms with Crippen molar-refractivity contribution in [1.82, 2.24) is 20.4 Å². The molecule has 1 unspecified atom stereocenters. The Labute approximate surface area is 167 Å². The van der Waals surface area contributed by atoms with Crippen LogP contribution in [0.1, 0.15) is 19.4 Å². The number of rotatable bonds is 8. The number of hydrogen-bond donors (Lipinski definition) is 2. The van der Waals surface area contributed by atoms with Gasteiger partial charge in [-0.3, -0.25) is 4.68 Å². The van der Waals surface area contributed by atoms with Crippen molar-refractivity contribution in [2.24, 2.45) is 10.9 Å². The summed E-state index contributed by atoms with van der Waals surface area (Å²) < 4.78 is 7.32. The second-order valence-corrected chi connectivity index (χ2v) is 5.72. The van der Waals surface area contributed by atoms with Crippen LogP contribution in [-0.2, 0) is 13.1 Å². The highest BCUT2D eigenvalue weighted by Crippen LogP contribution is 2.17. The summed E-state index contributed by atoms with van der Waals surface area (Å²) >= 11 is 0. The van der Waals surface area contributed by atoms with Crippen LogP contribution in [0.2, 0.25) is 0 Å². The standard InChI is InChI=1S/C18H27N5O.HI/c1-4-19-18(20-12-15(2)14-23-11-7-10-22-23)21-13-16-8-5-6-9-17(16)24-3;/h5-11,15H,4,12-14H2,1-3H3,(H2,19,20,21);1H. The number of methoxy groups -OCH3 is 1. The molecule has 0 amide bonds. The SMILES string of the molecule is CCNC(=NCc1ccccc1OC)NCC(C)Cn1cccn1.I. The van der Waals surface area contributed by atoms with Crippen molar-refractivity contribution in [1.29, 1.82) is 0 Å². The van der Waals surface area contributed by atoms with Crippen molar-refractivity contribution in [3.63, 3.8) is 0 Å². The lowest BCUT2D eigenvalue weighted by Crippen LogP contribution is -2.40. The molecule has 25 heavy (non-hydrogen) atoms. The zero-order valence-corrected chi connectivity index (χ0v) is 17.4. The van der Waals surface area contributed by atoms with Crippen molar-refractivity contribution in [2.75, 3.05) is 20.2 Å². The van der Waals surface area contributed by atoms with Gasteiger partial charge in [-0.15, -0.1) is 24.0 Å². The Kier molecular flexibility index (Phi) is 9.98. The van der Waals surface area contributed by atoms with Gasteiger partial charge in [0.25, 0.3) is 0 Å². The van der Waals surface area contributed by atoms with Crippen molar-refractivity contribution in [3.8, 4) is 5.75 Å². The molecule has 0 spiro atoms. The van der Waals surface area contributed by atoms with E-state index in [1.165, 1.54) is 0 Å². The number of ether oxygens (including phenoxy) is 1. The summed E-state index contributed by atoms with van der Waals surface area (Å²) in [5.74, 6) is 2.12. The second-order valence-electron chi connectivity index (χ2n) is 5.72. The molecule has 0 aliphatic carbocycles. The molecule has 1 aromatic carbocycles. The molecule has 6 nitrogen and oxygen atoms in total. The maximum Gasteiger partial charge on any atom is 0.191 e. The van der Waals surface area contributed by atoms with Gasteiger partial charge in [0.2, 0.25) is 0 Å². The molecule has 0 radical (unpaired) electrons. The molecule has 1 atom stereocenters. The maximum absolute atomic E-state index is 5.37. The van der Waals surface area contributed by atoms with Crippen molar-refractivity contribution < 1.29 is 4.74 Å². The average molecular weight is 457 g/mol. The number of benzene rings is 1. The summed E-state index contributed by atoms with van der Waals surface area (Å²) in [6, 6.07) is 9.90. The molecule has 1 heterocycles. The van der Waals surface area contributed by atoms with E-state index in [4.69, 9.17) is 4.74 Å². The van der Waals surface area contributed by atoms with Crippen molar-refractivity contribution >= 4 is 29.9 Å². The number of nitrogens with zero attached hydrogens (tertiary/aromatic N) is 3. The average Bonchev–Trinajstić information content (AvgIpc) is 3.10. The largest absolute Gasteiger partial charge is 0.496 e. The van der Waals surface area contributed by atoms with E-state index >= 15 is 0 Å². The smallest absolute Gasteiger partial charge is 0.191 e. The number of aromatic nitrogens is 2. The molecule has 2 aromatic rings. The minimum atomic E-state index is 0. The Morgan fingerprint density at radius 3 is 2.76 bits per heavy atom. The highest BCUT2D eigenvalue weighted by Gasteiger charge is 2.06. The molecule has 1 aromatic heterocycles. The summed E-state index contributed by atoms with van der Waals surface area (Å²) in [5.41, 5.74) is 1.07. The first kappa shape index (κ1) is 21.3. The first-order valence-electron chi connectivity index (χ1n) is 8.34. The molecule has 2 N–H and O–H groups in total. The van der Waals surface area contributed by atoms with Gasteiger partial charge in [0, 0.05) is 37.6 Å². The Morgan fingerprint density at radius 1 is 1.28 bits per heavy atom. The molecule has 0 fully saturated rings. The monoisotopic (exact) mass is 457 g/mol. The molecule has 2 rings (SSSR count). The summed E-state index contributed by atoms with van der Waals surface area (Å²) in [6.07, 6.45) is 3.79. The molecule has 138 valence electrons. The Hall–Kier alpha value is -1.77. The van der Waals surface area contributed by atoms with E-state index in [-0.39, 0.29) is 24.0 Å². The number of hydrogen-bond acceptors (Lipinski definition) is 3. The summed E-state index contributed by atoms with van der Waals surface area (Å²) in [7, 11) is 1.68. The van der Waals surface area contributed by atoms with E-state index in [1.54, 1.807) is 13.3 Å². The minimum absolute atomic E-state index is 0. The number of guanidine groups is 1. The van der Waals surface area contributed by atoms with Crippen LogP contribution in [0.3, 0.4) is 0 Å². The molecular formula is C18H28IN5O. The lowest BCUT2D eigenvalue weighted by molar-refractivity contribution is 0.410. The van der Waals surface area contributed by atoms with E-state index in [0.29, 0.717) is 12.5 Å². The van der Waals surface area contributed by atoms with E-state index in [9.17, 15) is 0 Å². The first-order valence-corrected chi connectivity index (χ1v) is 8.34. The topological polar surface area (TPSA) is 63.5 Å². The molecular weight excluding hydrogens is 429 g/mol. The van der Waals surface area contributed by atoms with Gasteiger partial charge >= 0.3 is 0 Å². The zero-order chi connectivity index (χ0) is 17.2. The molecule has 0 saturated carbocycles. The normalized spacial score (nSPS) is 12.2. The van der Waals surface area contributed by atoms with Crippen LogP contribution in [-0.4, -0.2) is 35.9 Å². The Balaban J connectivity index is 0.00000312. The van der Waals surface area contributed by atoms with Gasteiger partial charge < -0.3 is 15.4 Å². The number of aliphatic imine (C=N–C) groups is 1. The Bertz CT molecular complexity index is 630. The van der Waals surface area contributed by atoms with Crippen molar-refractivity contribution in [2.45, 2.75) is 26.9 Å². The Morgan fingerprint density at radius 2 is 2.08 bits per heavy atom. The number of halogens is 1. The number of para-hydroxylation sites is 1. The summed E-state index contributed by atoms with van der Waals surface area (Å²) in [6.45, 7) is 7.37. The molecule has 0 saturated heterocycles. The van der Waals surface area contributed by atoms with E-state index in [1.807, 2.05) is 41.2 Å². The van der Waals surface area contributed by atoms with Gasteiger partial charge in [0.05, 0.1) is 13.7 Å². The van der Waals surface area contributed by atoms with Gasteiger partial charge in [-0.25, -0.2) is 4.99 Å². The number of nitrogens with one attached hydrogen (secondary N) is 2. The molecule has 0 aliphatic heterocycles. The summed E-state index contributed by atoms with van der Waals surface area (Å²) in [5, 5.41) is 10.9. The zero-order valence-electron chi connectivity index (χ0n) is 15.1. The van der Waals surface area contributed by atoms with E-state index in [2.05, 4.69) is 34.6 Å². The fraction of sp³-hybridized carbons (Fsp3) is 0.444. The molecule has 0 bridgehead atoms. The third-order valence-corrected chi connectivity index (χ3v) is 3.62. The van der Waals surface area contributed by atoms with Gasteiger partial charge in [-0.2, -0.15) is 5.10 Å². The third kappa shape index (κ3) is 7.33. The highest BCUT2D eigenvalue weighted by molar-refractivity contribution is 14.0. The second kappa shape index (κ2) is 11.7. The van der Waals surface area contributed by atoms with Crippen LogP contribution in [0.5, 0.6) is 5.75 Å². The third-order valence-electron chi connectivity index (χ3n) is 3.62. The fourth-order valence-corrected chi connectivity index (χ4v) is 2.40. The van der Waals surface area contributed by atoms with Crippen LogP contribution < -0.4 is 15.4 Å². The van der Waals surface area contributed by atoms with Gasteiger partial charge in [-0.1, -0.05) is 25.1 Å². The van der Waals surface area contributed by atoms with Crippen LogP contribution >= 0.6 is 24.0 Å². The highest BCUT2D eigenvalue weighted by atomic mass is 127. The van der Waals surface area contributed by atoms with E-state index in [0.717, 1.165) is 36.9 Å². The van der Waals surface area contributed by atoms with Crippen LogP contribution in [0, 0.1) is 5.92 Å². The lowest BCUT2D eigenvalue weighted by atomic mass is 10.2. The predicted molar refractivity (Wildman–Crippen MR) is 113 cm³/mol. The lowest BCUT2D eigenvalue weighted by Gasteiger charge is -2.16.